The van der Waals surface area contributed by atoms with Crippen LogP contribution in [0.3, 0.4) is 0 Å². The fourth-order valence-electron chi connectivity index (χ4n) is 2.56. The first kappa shape index (κ1) is 11.5. The molecular weight excluding hydrogens is 224 g/mol. The van der Waals surface area contributed by atoms with E-state index < -0.39 is 0 Å². The summed E-state index contributed by atoms with van der Waals surface area (Å²) in [5.41, 5.74) is 3.99. The summed E-state index contributed by atoms with van der Waals surface area (Å²) in [6.07, 6.45) is 2.42. The highest BCUT2D eigenvalue weighted by Gasteiger charge is 2.20. The lowest BCUT2D eigenvalue weighted by Crippen LogP contribution is -1.89. The van der Waals surface area contributed by atoms with E-state index in [1.54, 1.807) is 0 Å². The third-order valence-corrected chi connectivity index (χ3v) is 3.71. The Bertz CT molecular complexity index is 572. The van der Waals surface area contributed by atoms with E-state index in [2.05, 4.69) is 49.1 Å². The van der Waals surface area contributed by atoms with Gasteiger partial charge in [0.05, 0.1) is 0 Å². The second-order valence-corrected chi connectivity index (χ2v) is 5.46. The fourth-order valence-corrected chi connectivity index (χ4v) is 2.56. The van der Waals surface area contributed by atoms with Crippen LogP contribution in [0.2, 0.25) is 0 Å². The van der Waals surface area contributed by atoms with Gasteiger partial charge in [-0.05, 0) is 36.0 Å². The van der Waals surface area contributed by atoms with Gasteiger partial charge in [-0.25, -0.2) is 0 Å². The van der Waals surface area contributed by atoms with Crippen LogP contribution in [0.1, 0.15) is 56.0 Å². The van der Waals surface area contributed by atoms with Gasteiger partial charge in [-0.1, -0.05) is 38.1 Å². The average molecular weight is 242 g/mol. The van der Waals surface area contributed by atoms with E-state index in [1.807, 2.05) is 0 Å². The highest BCUT2D eigenvalue weighted by atomic mass is 16.5. The Labute approximate surface area is 107 Å². The summed E-state index contributed by atoms with van der Waals surface area (Å²) in [4.78, 5) is 4.45. The Morgan fingerprint density at radius 3 is 2.89 bits per heavy atom. The number of aromatic nitrogens is 2. The maximum atomic E-state index is 5.26. The van der Waals surface area contributed by atoms with Crippen molar-refractivity contribution in [2.45, 2.75) is 45.4 Å². The first-order valence-corrected chi connectivity index (χ1v) is 6.62. The largest absolute Gasteiger partial charge is 0.339 e. The summed E-state index contributed by atoms with van der Waals surface area (Å²) >= 11 is 0. The molecule has 0 N–H and O–H groups in total. The van der Waals surface area contributed by atoms with Crippen molar-refractivity contribution in [1.29, 1.82) is 0 Å². The molecule has 0 saturated carbocycles. The first-order chi connectivity index (χ1) is 8.65. The molecule has 1 atom stereocenters. The predicted molar refractivity (Wildman–Crippen MR) is 70.6 cm³/mol. The van der Waals surface area contributed by atoms with E-state index in [0.29, 0.717) is 17.6 Å². The maximum Gasteiger partial charge on any atom is 0.229 e. The van der Waals surface area contributed by atoms with Crippen molar-refractivity contribution in [1.82, 2.24) is 10.1 Å². The Kier molecular flexibility index (Phi) is 2.69. The second kappa shape index (κ2) is 4.23. The number of rotatable bonds is 2. The Morgan fingerprint density at radius 1 is 1.33 bits per heavy atom. The third-order valence-electron chi connectivity index (χ3n) is 3.71. The monoisotopic (exact) mass is 242 g/mol. The van der Waals surface area contributed by atoms with Gasteiger partial charge in [0.1, 0.15) is 0 Å². The molecule has 1 aliphatic carbocycles. The molecule has 1 aliphatic rings. The fraction of sp³-hybridized carbons (Fsp3) is 0.467. The van der Waals surface area contributed by atoms with Crippen molar-refractivity contribution in [3.63, 3.8) is 0 Å². The van der Waals surface area contributed by atoms with Crippen LogP contribution in [0.25, 0.3) is 11.4 Å². The molecular formula is C15H18N2O. The lowest BCUT2D eigenvalue weighted by molar-refractivity contribution is 0.365. The molecule has 1 heterocycles. The third kappa shape index (κ3) is 1.84. The standard InChI is InChI=1S/C15H18N2O/c1-9(2)15-16-14(17-18-15)12-6-7-13-10(3)4-5-11(13)8-12/h6-10H,4-5H2,1-3H3/t10-/m1/s1. The molecule has 18 heavy (non-hydrogen) atoms. The molecule has 0 fully saturated rings. The van der Waals surface area contributed by atoms with E-state index in [0.717, 1.165) is 5.56 Å². The van der Waals surface area contributed by atoms with Gasteiger partial charge in [0.15, 0.2) is 0 Å². The summed E-state index contributed by atoms with van der Waals surface area (Å²) in [6.45, 7) is 6.40. The van der Waals surface area contributed by atoms with Crippen molar-refractivity contribution in [2.75, 3.05) is 0 Å². The zero-order valence-electron chi connectivity index (χ0n) is 11.1. The number of fused-ring (bicyclic) bond motifs is 1. The van der Waals surface area contributed by atoms with E-state index in [9.17, 15) is 0 Å². The molecule has 94 valence electrons. The van der Waals surface area contributed by atoms with Gasteiger partial charge in [-0.3, -0.25) is 0 Å². The van der Waals surface area contributed by atoms with Crippen molar-refractivity contribution in [3.05, 3.63) is 35.2 Å². The van der Waals surface area contributed by atoms with Gasteiger partial charge >= 0.3 is 0 Å². The van der Waals surface area contributed by atoms with Crippen molar-refractivity contribution >= 4 is 0 Å². The SMILES string of the molecule is CC(C)c1nc(-c2ccc3c(c2)CC[C@H]3C)no1. The summed E-state index contributed by atoms with van der Waals surface area (Å²) in [7, 11) is 0. The summed E-state index contributed by atoms with van der Waals surface area (Å²) in [5, 5.41) is 4.07. The predicted octanol–water partition coefficient (Wildman–Crippen LogP) is 3.91. The van der Waals surface area contributed by atoms with Crippen LogP contribution >= 0.6 is 0 Å². The molecule has 1 aromatic heterocycles. The van der Waals surface area contributed by atoms with Gasteiger partial charge in [-0.2, -0.15) is 4.98 Å². The number of aryl methyl sites for hydroxylation is 1. The Hall–Kier alpha value is -1.64. The van der Waals surface area contributed by atoms with E-state index in [-0.39, 0.29) is 5.92 Å². The van der Waals surface area contributed by atoms with Gasteiger partial charge in [0.2, 0.25) is 11.7 Å². The molecule has 3 nitrogen and oxygen atoms in total. The van der Waals surface area contributed by atoms with Gasteiger partial charge in [0, 0.05) is 11.5 Å². The van der Waals surface area contributed by atoms with Crippen LogP contribution < -0.4 is 0 Å². The number of nitrogens with zero attached hydrogens (tertiary/aromatic N) is 2. The maximum absolute atomic E-state index is 5.26. The number of benzene rings is 1. The zero-order chi connectivity index (χ0) is 12.7. The highest BCUT2D eigenvalue weighted by molar-refractivity contribution is 5.58. The molecule has 0 bridgehead atoms. The zero-order valence-corrected chi connectivity index (χ0v) is 11.1. The average Bonchev–Trinajstić information content (AvgIpc) is 2.96. The normalized spacial score (nSPS) is 18.3. The minimum Gasteiger partial charge on any atom is -0.339 e. The van der Waals surface area contributed by atoms with Crippen LogP contribution in [0.15, 0.2) is 22.7 Å². The molecule has 0 amide bonds. The van der Waals surface area contributed by atoms with Crippen LogP contribution in [0, 0.1) is 0 Å². The molecule has 0 aliphatic heterocycles. The minimum absolute atomic E-state index is 0.278. The minimum atomic E-state index is 0.278. The molecule has 0 spiro atoms. The Balaban J connectivity index is 1.97. The van der Waals surface area contributed by atoms with Crippen LogP contribution in [0.4, 0.5) is 0 Å². The molecule has 1 aromatic carbocycles. The van der Waals surface area contributed by atoms with Gasteiger partial charge in [-0.15, -0.1) is 0 Å². The highest BCUT2D eigenvalue weighted by Crippen LogP contribution is 2.34. The topological polar surface area (TPSA) is 38.9 Å². The van der Waals surface area contributed by atoms with Crippen molar-refractivity contribution < 1.29 is 4.52 Å². The van der Waals surface area contributed by atoms with E-state index >= 15 is 0 Å². The Morgan fingerprint density at radius 2 is 2.17 bits per heavy atom. The van der Waals surface area contributed by atoms with Crippen LogP contribution in [-0.4, -0.2) is 10.1 Å². The molecule has 2 aromatic rings. The van der Waals surface area contributed by atoms with Crippen molar-refractivity contribution in [2.24, 2.45) is 0 Å². The first-order valence-electron chi connectivity index (χ1n) is 6.62. The smallest absolute Gasteiger partial charge is 0.229 e. The quantitative estimate of drug-likeness (QED) is 0.801. The molecule has 0 saturated heterocycles. The van der Waals surface area contributed by atoms with Crippen LogP contribution in [0.5, 0.6) is 0 Å². The summed E-state index contributed by atoms with van der Waals surface area (Å²) < 4.78 is 5.26. The number of hydrogen-bond acceptors (Lipinski definition) is 3. The van der Waals surface area contributed by atoms with E-state index in [1.165, 1.54) is 24.0 Å². The van der Waals surface area contributed by atoms with Gasteiger partial charge < -0.3 is 4.52 Å². The van der Waals surface area contributed by atoms with Gasteiger partial charge in [0.25, 0.3) is 0 Å². The molecule has 0 radical (unpaired) electrons. The van der Waals surface area contributed by atoms with E-state index in [4.69, 9.17) is 4.52 Å². The summed E-state index contributed by atoms with van der Waals surface area (Å²) in [5.74, 6) is 2.38. The number of hydrogen-bond donors (Lipinski definition) is 0. The van der Waals surface area contributed by atoms with Crippen molar-refractivity contribution in [3.8, 4) is 11.4 Å². The molecule has 3 heteroatoms. The lowest BCUT2D eigenvalue weighted by atomic mass is 10.0. The molecule has 3 rings (SSSR count). The lowest BCUT2D eigenvalue weighted by Gasteiger charge is -2.04. The molecule has 0 unspecified atom stereocenters. The second-order valence-electron chi connectivity index (χ2n) is 5.46. The van der Waals surface area contributed by atoms with Crippen LogP contribution in [-0.2, 0) is 6.42 Å². The summed E-state index contributed by atoms with van der Waals surface area (Å²) in [6, 6.07) is 6.54.